The molecule has 0 aliphatic carbocycles. The van der Waals surface area contributed by atoms with Crippen molar-refractivity contribution in [3.8, 4) is 0 Å². The van der Waals surface area contributed by atoms with Gasteiger partial charge in [-0.2, -0.15) is 11.8 Å². The first-order chi connectivity index (χ1) is 9.72. The third kappa shape index (κ3) is 2.90. The maximum atomic E-state index is 6.16. The van der Waals surface area contributed by atoms with Crippen LogP contribution >= 0.6 is 11.8 Å². The number of benzene rings is 1. The normalized spacial score (nSPS) is 31.6. The summed E-state index contributed by atoms with van der Waals surface area (Å²) in [5, 5.41) is 3.55. The van der Waals surface area contributed by atoms with Crippen molar-refractivity contribution in [3.05, 3.63) is 35.4 Å². The second kappa shape index (κ2) is 6.08. The fourth-order valence-electron chi connectivity index (χ4n) is 3.66. The van der Waals surface area contributed by atoms with Gasteiger partial charge >= 0.3 is 0 Å². The van der Waals surface area contributed by atoms with Gasteiger partial charge in [0.25, 0.3) is 0 Å². The van der Waals surface area contributed by atoms with E-state index in [2.05, 4.69) is 55.3 Å². The van der Waals surface area contributed by atoms with Crippen molar-refractivity contribution in [2.45, 2.75) is 37.8 Å². The van der Waals surface area contributed by atoms with Crippen molar-refractivity contribution >= 4 is 11.8 Å². The first-order valence-electron chi connectivity index (χ1n) is 7.68. The molecule has 2 nitrogen and oxygen atoms in total. The zero-order valence-electron chi connectivity index (χ0n) is 12.5. The summed E-state index contributed by atoms with van der Waals surface area (Å²) in [6.07, 6.45) is 3.61. The molecule has 2 saturated heterocycles. The first-order valence-corrected chi connectivity index (χ1v) is 8.83. The topological polar surface area (TPSA) is 21.3 Å². The third-order valence-corrected chi connectivity index (χ3v) is 6.04. The monoisotopic (exact) mass is 291 g/mol. The maximum Gasteiger partial charge on any atom is 0.0783 e. The highest BCUT2D eigenvalue weighted by Gasteiger charge is 2.42. The summed E-state index contributed by atoms with van der Waals surface area (Å²) < 4.78 is 6.16. The second-order valence-corrected chi connectivity index (χ2v) is 7.37. The van der Waals surface area contributed by atoms with E-state index in [9.17, 15) is 0 Å². The Kier molecular flexibility index (Phi) is 4.39. The Hall–Kier alpha value is -0.510. The fraction of sp³-hybridized carbons (Fsp3) is 0.647. The van der Waals surface area contributed by atoms with Gasteiger partial charge in [0.1, 0.15) is 0 Å². The van der Waals surface area contributed by atoms with Crippen molar-refractivity contribution in [1.82, 2.24) is 5.32 Å². The average Bonchev–Trinajstić information content (AvgIpc) is 2.90. The summed E-state index contributed by atoms with van der Waals surface area (Å²) in [5.74, 6) is 3.14. The fourth-order valence-corrected chi connectivity index (χ4v) is 5.04. The van der Waals surface area contributed by atoms with Gasteiger partial charge in [-0.3, -0.25) is 0 Å². The van der Waals surface area contributed by atoms with Gasteiger partial charge in [0.2, 0.25) is 0 Å². The number of ether oxygens (including phenoxy) is 1. The van der Waals surface area contributed by atoms with E-state index in [0.29, 0.717) is 12.0 Å². The largest absolute Gasteiger partial charge is 0.374 e. The van der Waals surface area contributed by atoms with Crippen molar-refractivity contribution in [1.29, 1.82) is 0 Å². The third-order valence-electron chi connectivity index (χ3n) is 4.82. The van der Waals surface area contributed by atoms with Crippen molar-refractivity contribution in [2.24, 2.45) is 5.92 Å². The number of thioether (sulfide) groups is 1. The molecule has 3 rings (SSSR count). The number of rotatable bonds is 3. The van der Waals surface area contributed by atoms with Crippen molar-refractivity contribution < 1.29 is 4.74 Å². The molecule has 110 valence electrons. The average molecular weight is 291 g/mol. The minimum absolute atomic E-state index is 0.174. The molecule has 0 radical (unpaired) electrons. The molecule has 20 heavy (non-hydrogen) atoms. The Morgan fingerprint density at radius 2 is 2.15 bits per heavy atom. The van der Waals surface area contributed by atoms with Gasteiger partial charge in [-0.05, 0) is 50.5 Å². The Labute approximate surface area is 126 Å². The van der Waals surface area contributed by atoms with Gasteiger partial charge in [-0.25, -0.2) is 0 Å². The summed E-state index contributed by atoms with van der Waals surface area (Å²) in [6.45, 7) is 3.08. The van der Waals surface area contributed by atoms with E-state index < -0.39 is 0 Å². The molecule has 0 saturated carbocycles. The summed E-state index contributed by atoms with van der Waals surface area (Å²) in [6, 6.07) is 9.46. The summed E-state index contributed by atoms with van der Waals surface area (Å²) in [5.41, 5.74) is 2.93. The Morgan fingerprint density at radius 3 is 2.80 bits per heavy atom. The minimum Gasteiger partial charge on any atom is -0.374 e. The van der Waals surface area contributed by atoms with E-state index in [0.717, 1.165) is 6.61 Å². The van der Waals surface area contributed by atoms with E-state index >= 15 is 0 Å². The van der Waals surface area contributed by atoms with Crippen LogP contribution in [0.2, 0.25) is 0 Å². The van der Waals surface area contributed by atoms with Gasteiger partial charge in [0.15, 0.2) is 0 Å². The molecular formula is C17H25NOS. The van der Waals surface area contributed by atoms with E-state index in [1.807, 2.05) is 0 Å². The van der Waals surface area contributed by atoms with Crippen LogP contribution in [0.15, 0.2) is 24.3 Å². The van der Waals surface area contributed by atoms with Crippen LogP contribution < -0.4 is 5.32 Å². The standard InChI is InChI=1S/C17H25NOS/c1-13-3-5-14(6-4-13)16(18-2)15-7-9-19-17(11-15)8-10-20-12-17/h3-6,15-16,18H,7-12H2,1-2H3. The van der Waals surface area contributed by atoms with Crippen LogP contribution in [0.3, 0.4) is 0 Å². The van der Waals surface area contributed by atoms with Crippen molar-refractivity contribution in [3.63, 3.8) is 0 Å². The Balaban J connectivity index is 1.76. The van der Waals surface area contributed by atoms with E-state index in [1.165, 1.54) is 41.9 Å². The second-order valence-electron chi connectivity index (χ2n) is 6.26. The zero-order chi connectivity index (χ0) is 14.0. The van der Waals surface area contributed by atoms with E-state index in [-0.39, 0.29) is 5.60 Å². The molecule has 2 heterocycles. The molecular weight excluding hydrogens is 266 g/mol. The van der Waals surface area contributed by atoms with Crippen LogP contribution in [-0.2, 0) is 4.74 Å². The smallest absolute Gasteiger partial charge is 0.0783 e. The summed E-state index contributed by atoms with van der Waals surface area (Å²) >= 11 is 2.05. The van der Waals surface area contributed by atoms with Crippen LogP contribution in [0.1, 0.15) is 36.4 Å². The van der Waals surface area contributed by atoms with Gasteiger partial charge < -0.3 is 10.1 Å². The zero-order valence-corrected chi connectivity index (χ0v) is 13.3. The van der Waals surface area contributed by atoms with Crippen LogP contribution in [0, 0.1) is 12.8 Å². The molecule has 1 aromatic carbocycles. The first kappa shape index (κ1) is 14.4. The Morgan fingerprint density at radius 1 is 1.35 bits per heavy atom. The molecule has 1 spiro atoms. The van der Waals surface area contributed by atoms with Gasteiger partial charge in [-0.15, -0.1) is 0 Å². The number of nitrogens with one attached hydrogen (secondary N) is 1. The molecule has 0 amide bonds. The number of hydrogen-bond acceptors (Lipinski definition) is 3. The van der Waals surface area contributed by atoms with Crippen LogP contribution in [0.4, 0.5) is 0 Å². The van der Waals surface area contributed by atoms with Crippen LogP contribution in [0.5, 0.6) is 0 Å². The lowest BCUT2D eigenvalue weighted by molar-refractivity contribution is -0.0850. The molecule has 3 unspecified atom stereocenters. The highest BCUT2D eigenvalue weighted by Crippen LogP contribution is 2.43. The number of hydrogen-bond donors (Lipinski definition) is 1. The molecule has 1 aromatic rings. The minimum atomic E-state index is 0.174. The molecule has 0 aromatic heterocycles. The highest BCUT2D eigenvalue weighted by atomic mass is 32.2. The molecule has 2 aliphatic heterocycles. The summed E-state index contributed by atoms with van der Waals surface area (Å²) in [7, 11) is 2.09. The molecule has 0 bridgehead atoms. The highest BCUT2D eigenvalue weighted by molar-refractivity contribution is 7.99. The molecule has 3 heteroatoms. The Bertz CT molecular complexity index is 439. The maximum absolute atomic E-state index is 6.16. The lowest BCUT2D eigenvalue weighted by Crippen LogP contribution is -2.43. The lowest BCUT2D eigenvalue weighted by atomic mass is 9.79. The SMILES string of the molecule is CNC(c1ccc(C)cc1)C1CCOC2(CCSC2)C1. The summed E-state index contributed by atoms with van der Waals surface area (Å²) in [4.78, 5) is 0. The lowest BCUT2D eigenvalue weighted by Gasteiger charge is -2.41. The van der Waals surface area contributed by atoms with E-state index in [4.69, 9.17) is 4.74 Å². The predicted molar refractivity (Wildman–Crippen MR) is 86.3 cm³/mol. The van der Waals surface area contributed by atoms with Crippen LogP contribution in [0.25, 0.3) is 0 Å². The molecule has 2 aliphatic rings. The predicted octanol–water partition coefficient (Wildman–Crippen LogP) is 3.56. The molecule has 2 fully saturated rings. The van der Waals surface area contributed by atoms with Gasteiger partial charge in [-0.1, -0.05) is 29.8 Å². The van der Waals surface area contributed by atoms with E-state index in [1.54, 1.807) is 0 Å². The van der Waals surface area contributed by atoms with Gasteiger partial charge in [0, 0.05) is 18.4 Å². The molecule has 3 atom stereocenters. The number of aryl methyl sites for hydroxylation is 1. The van der Waals surface area contributed by atoms with Gasteiger partial charge in [0.05, 0.1) is 5.60 Å². The van der Waals surface area contributed by atoms with Crippen molar-refractivity contribution in [2.75, 3.05) is 25.2 Å². The molecule has 1 N–H and O–H groups in total. The quantitative estimate of drug-likeness (QED) is 0.920. The van der Waals surface area contributed by atoms with Crippen LogP contribution in [-0.4, -0.2) is 30.8 Å².